The zero-order valence-corrected chi connectivity index (χ0v) is 21.2. The molecule has 1 fully saturated rings. The highest BCUT2D eigenvalue weighted by Crippen LogP contribution is 2.43. The summed E-state index contributed by atoms with van der Waals surface area (Å²) >= 11 is 1.34. The standard InChI is InChI=1S/C23H26F6N4O3S/c1-22(2,3)36-21(34)30-16-7-18(32-8-11-9-33(37-4)31-17(11)10-32)20(23(27,28)29)35-19(16)12-5-14(25)15(26)6-13(12)24/h5-6,9,16,18-20H,7-8,10H2,1-4H3,(H,30,34)/t16?,18?,19-,20?/m1/s1. The largest absolute Gasteiger partial charge is 0.444 e. The first kappa shape index (κ1) is 27.6. The summed E-state index contributed by atoms with van der Waals surface area (Å²) in [5, 5.41) is 6.80. The van der Waals surface area contributed by atoms with E-state index in [1.165, 1.54) is 16.8 Å². The van der Waals surface area contributed by atoms with E-state index in [1.807, 2.05) is 0 Å². The lowest BCUT2D eigenvalue weighted by Crippen LogP contribution is -2.59. The summed E-state index contributed by atoms with van der Waals surface area (Å²) in [5.41, 5.74) is -0.216. The van der Waals surface area contributed by atoms with Crippen LogP contribution in [0.5, 0.6) is 0 Å². The van der Waals surface area contributed by atoms with Crippen LogP contribution in [0.4, 0.5) is 31.1 Å². The first-order valence-electron chi connectivity index (χ1n) is 11.4. The second-order valence-electron chi connectivity index (χ2n) is 9.95. The number of hydrogen-bond donors (Lipinski definition) is 1. The molecule has 1 amide bonds. The summed E-state index contributed by atoms with van der Waals surface area (Å²) in [7, 11) is 0. The first-order chi connectivity index (χ1) is 17.2. The fourth-order valence-electron chi connectivity index (χ4n) is 4.61. The lowest BCUT2D eigenvalue weighted by Gasteiger charge is -2.45. The average molecular weight is 553 g/mol. The van der Waals surface area contributed by atoms with Crippen molar-refractivity contribution >= 4 is 18.0 Å². The maximum Gasteiger partial charge on any atom is 0.416 e. The Hall–Kier alpha value is -2.45. The molecule has 0 spiro atoms. The number of carbonyl (C=O) groups excluding carboxylic acids is 1. The lowest BCUT2D eigenvalue weighted by atomic mass is 9.88. The molecule has 2 aromatic rings. The highest BCUT2D eigenvalue weighted by atomic mass is 32.2. The Balaban J connectivity index is 1.68. The van der Waals surface area contributed by atoms with Crippen molar-refractivity contribution in [3.05, 3.63) is 52.6 Å². The smallest absolute Gasteiger partial charge is 0.416 e. The number of carbonyl (C=O) groups is 1. The molecule has 3 heterocycles. The minimum absolute atomic E-state index is 0.104. The Morgan fingerprint density at radius 2 is 1.81 bits per heavy atom. The van der Waals surface area contributed by atoms with Crippen LogP contribution in [0.15, 0.2) is 18.3 Å². The van der Waals surface area contributed by atoms with Crippen molar-refractivity contribution in [1.82, 2.24) is 19.4 Å². The van der Waals surface area contributed by atoms with E-state index in [9.17, 15) is 31.1 Å². The Morgan fingerprint density at radius 3 is 2.41 bits per heavy atom. The molecule has 204 valence electrons. The van der Waals surface area contributed by atoms with Crippen molar-refractivity contribution in [1.29, 1.82) is 0 Å². The molecular weight excluding hydrogens is 526 g/mol. The molecule has 4 rings (SSSR count). The molecule has 37 heavy (non-hydrogen) atoms. The fraction of sp³-hybridized carbons (Fsp3) is 0.565. The summed E-state index contributed by atoms with van der Waals surface area (Å²) in [4.78, 5) is 14.1. The van der Waals surface area contributed by atoms with E-state index < -0.39 is 65.2 Å². The van der Waals surface area contributed by atoms with E-state index in [0.717, 1.165) is 5.56 Å². The van der Waals surface area contributed by atoms with Crippen molar-refractivity contribution in [3.8, 4) is 0 Å². The van der Waals surface area contributed by atoms with Gasteiger partial charge in [-0.2, -0.15) is 18.3 Å². The number of fused-ring (bicyclic) bond motifs is 1. The minimum atomic E-state index is -4.88. The van der Waals surface area contributed by atoms with Gasteiger partial charge in [0.05, 0.1) is 11.7 Å². The molecule has 0 saturated carbocycles. The molecule has 1 saturated heterocycles. The van der Waals surface area contributed by atoms with Crippen LogP contribution in [-0.4, -0.2) is 56.4 Å². The van der Waals surface area contributed by atoms with Gasteiger partial charge in [-0.05, 0) is 45.2 Å². The van der Waals surface area contributed by atoms with E-state index >= 15 is 0 Å². The van der Waals surface area contributed by atoms with Gasteiger partial charge in [-0.15, -0.1) is 0 Å². The summed E-state index contributed by atoms with van der Waals surface area (Å²) < 4.78 is 97.3. The lowest BCUT2D eigenvalue weighted by molar-refractivity contribution is -0.270. The van der Waals surface area contributed by atoms with Crippen molar-refractivity contribution < 1.29 is 40.6 Å². The number of alkyl halides is 3. The number of alkyl carbamates (subject to hydrolysis) is 1. The summed E-state index contributed by atoms with van der Waals surface area (Å²) in [5.74, 6) is -4.26. The van der Waals surface area contributed by atoms with Gasteiger partial charge in [0.1, 0.15) is 17.5 Å². The Labute approximate surface area is 213 Å². The van der Waals surface area contributed by atoms with E-state index in [1.54, 1.807) is 37.3 Å². The maximum absolute atomic E-state index is 14.7. The van der Waals surface area contributed by atoms with Crippen LogP contribution in [0.1, 0.15) is 50.1 Å². The second kappa shape index (κ2) is 10.0. The van der Waals surface area contributed by atoms with Crippen LogP contribution < -0.4 is 5.32 Å². The zero-order chi connectivity index (χ0) is 27.3. The summed E-state index contributed by atoms with van der Waals surface area (Å²) in [6.45, 7) is 5.03. The van der Waals surface area contributed by atoms with Crippen LogP contribution in [-0.2, 0) is 22.6 Å². The highest BCUT2D eigenvalue weighted by Gasteiger charge is 2.55. The third kappa shape index (κ3) is 6.01. The van der Waals surface area contributed by atoms with Crippen molar-refractivity contribution in [2.45, 2.75) is 76.4 Å². The van der Waals surface area contributed by atoms with Gasteiger partial charge >= 0.3 is 12.3 Å². The van der Waals surface area contributed by atoms with Crippen LogP contribution in [0.25, 0.3) is 0 Å². The fourth-order valence-corrected chi connectivity index (χ4v) is 5.02. The number of amides is 1. The predicted molar refractivity (Wildman–Crippen MR) is 122 cm³/mol. The molecular formula is C23H26F6N4O3S. The van der Waals surface area contributed by atoms with E-state index in [2.05, 4.69) is 10.4 Å². The summed E-state index contributed by atoms with van der Waals surface area (Å²) in [6.07, 6.45) is -6.83. The van der Waals surface area contributed by atoms with Gasteiger partial charge in [-0.1, -0.05) is 0 Å². The molecule has 0 bridgehead atoms. The van der Waals surface area contributed by atoms with Crippen LogP contribution in [0.3, 0.4) is 0 Å². The third-order valence-corrected chi connectivity index (χ3v) is 6.67. The van der Waals surface area contributed by atoms with Crippen molar-refractivity contribution in [2.75, 3.05) is 6.26 Å². The minimum Gasteiger partial charge on any atom is -0.444 e. The molecule has 2 aliphatic heterocycles. The monoisotopic (exact) mass is 552 g/mol. The molecule has 0 radical (unpaired) electrons. The number of nitrogens with one attached hydrogen (secondary N) is 1. The van der Waals surface area contributed by atoms with Gasteiger partial charge in [0.2, 0.25) is 0 Å². The van der Waals surface area contributed by atoms with Gasteiger partial charge in [-0.3, -0.25) is 4.90 Å². The van der Waals surface area contributed by atoms with Crippen molar-refractivity contribution in [2.24, 2.45) is 0 Å². The van der Waals surface area contributed by atoms with Crippen LogP contribution in [0, 0.1) is 17.5 Å². The molecule has 1 aromatic heterocycles. The molecule has 1 aromatic carbocycles. The van der Waals surface area contributed by atoms with E-state index in [0.29, 0.717) is 11.8 Å². The SMILES string of the molecule is CSn1cc2c(n1)CN(C1CC(NC(=O)OC(C)(C)C)[C@@H](c3cc(F)c(F)cc3F)OC1C(F)(F)F)C2. The number of ether oxygens (including phenoxy) is 2. The van der Waals surface area contributed by atoms with Crippen LogP contribution in [0.2, 0.25) is 0 Å². The number of nitrogens with zero attached hydrogens (tertiary/aromatic N) is 3. The quantitative estimate of drug-likeness (QED) is 0.421. The van der Waals surface area contributed by atoms with Crippen LogP contribution >= 0.6 is 11.9 Å². The molecule has 3 unspecified atom stereocenters. The number of hydrogen-bond acceptors (Lipinski definition) is 6. The molecule has 4 atom stereocenters. The molecule has 1 N–H and O–H groups in total. The number of benzene rings is 1. The third-order valence-electron chi connectivity index (χ3n) is 6.11. The van der Waals surface area contributed by atoms with E-state index in [4.69, 9.17) is 9.47 Å². The Kier molecular flexibility index (Phi) is 7.47. The predicted octanol–water partition coefficient (Wildman–Crippen LogP) is 5.10. The second-order valence-corrected chi connectivity index (χ2v) is 10.7. The topological polar surface area (TPSA) is 68.6 Å². The van der Waals surface area contributed by atoms with Gasteiger partial charge in [0.15, 0.2) is 17.7 Å². The van der Waals surface area contributed by atoms with Gasteiger partial charge in [0.25, 0.3) is 0 Å². The Morgan fingerprint density at radius 1 is 1.14 bits per heavy atom. The van der Waals surface area contributed by atoms with E-state index in [-0.39, 0.29) is 25.6 Å². The normalized spacial score (nSPS) is 24.7. The number of rotatable bonds is 4. The zero-order valence-electron chi connectivity index (χ0n) is 20.4. The molecule has 14 heteroatoms. The molecule has 0 aliphatic carbocycles. The average Bonchev–Trinajstić information content (AvgIpc) is 3.33. The van der Waals surface area contributed by atoms with Crippen molar-refractivity contribution in [3.63, 3.8) is 0 Å². The number of halogens is 6. The maximum atomic E-state index is 14.7. The van der Waals surface area contributed by atoms with Gasteiger partial charge in [-0.25, -0.2) is 22.1 Å². The van der Waals surface area contributed by atoms with Gasteiger partial charge < -0.3 is 14.8 Å². The highest BCUT2D eigenvalue weighted by molar-refractivity contribution is 7.97. The number of aromatic nitrogens is 2. The first-order valence-corrected chi connectivity index (χ1v) is 12.6. The molecule has 2 aliphatic rings. The summed E-state index contributed by atoms with van der Waals surface area (Å²) in [6, 6.07) is -1.86. The Bertz CT molecular complexity index is 1150. The molecule has 7 nitrogen and oxygen atoms in total. The van der Waals surface area contributed by atoms with Gasteiger partial charge in [0, 0.05) is 48.8 Å².